The van der Waals surface area contributed by atoms with Crippen molar-refractivity contribution in [1.82, 2.24) is 5.32 Å². The molecule has 0 saturated carbocycles. The van der Waals surface area contributed by atoms with Gasteiger partial charge in [-0.05, 0) is 55.5 Å². The van der Waals surface area contributed by atoms with Crippen LogP contribution in [-0.2, 0) is 6.42 Å². The quantitative estimate of drug-likeness (QED) is 0.730. The number of hydrogen-bond donors (Lipinski definition) is 1. The van der Waals surface area contributed by atoms with Gasteiger partial charge in [0.2, 0.25) is 0 Å². The first-order chi connectivity index (χ1) is 8.49. The van der Waals surface area contributed by atoms with E-state index < -0.39 is 0 Å². The van der Waals surface area contributed by atoms with Crippen molar-refractivity contribution in [2.24, 2.45) is 11.8 Å². The minimum atomic E-state index is -0.341. The summed E-state index contributed by atoms with van der Waals surface area (Å²) < 4.78 is 13.0. The minimum Gasteiger partial charge on any atom is -0.316 e. The molecule has 0 aliphatic heterocycles. The lowest BCUT2D eigenvalue weighted by Crippen LogP contribution is -2.22. The van der Waals surface area contributed by atoms with Gasteiger partial charge in [-0.3, -0.25) is 0 Å². The highest BCUT2D eigenvalue weighted by Crippen LogP contribution is 2.19. The highest BCUT2D eigenvalue weighted by atomic mass is 35.5. The second-order valence-electron chi connectivity index (χ2n) is 5.44. The van der Waals surface area contributed by atoms with Crippen LogP contribution in [0, 0.1) is 17.7 Å². The molecule has 18 heavy (non-hydrogen) atoms. The van der Waals surface area contributed by atoms with Gasteiger partial charge in [0.25, 0.3) is 0 Å². The Hall–Kier alpha value is -0.600. The molecule has 0 heterocycles. The summed E-state index contributed by atoms with van der Waals surface area (Å²) in [6, 6.07) is 5.00. The molecule has 102 valence electrons. The van der Waals surface area contributed by atoms with Crippen molar-refractivity contribution in [3.63, 3.8) is 0 Å². The van der Waals surface area contributed by atoms with E-state index in [1.165, 1.54) is 6.07 Å². The first kappa shape index (κ1) is 15.5. The van der Waals surface area contributed by atoms with Crippen LogP contribution in [0.5, 0.6) is 0 Å². The average Bonchev–Trinajstić information content (AvgIpc) is 2.29. The number of benzene rings is 1. The summed E-state index contributed by atoms with van der Waals surface area (Å²) in [6.07, 6.45) is 2.07. The van der Waals surface area contributed by atoms with Crippen LogP contribution in [0.3, 0.4) is 0 Å². The first-order valence-corrected chi connectivity index (χ1v) is 7.01. The van der Waals surface area contributed by atoms with Crippen molar-refractivity contribution in [1.29, 1.82) is 0 Å². The predicted octanol–water partition coefficient (Wildman–Crippen LogP) is 4.29. The molecule has 1 aromatic carbocycles. The molecule has 1 rings (SSSR count). The van der Waals surface area contributed by atoms with E-state index in [1.54, 1.807) is 6.07 Å². The normalized spacial score (nSPS) is 13.0. The van der Waals surface area contributed by atoms with E-state index in [0.717, 1.165) is 31.5 Å². The topological polar surface area (TPSA) is 12.0 Å². The van der Waals surface area contributed by atoms with Crippen LogP contribution >= 0.6 is 11.6 Å². The summed E-state index contributed by atoms with van der Waals surface area (Å²) in [4.78, 5) is 0. The third-order valence-electron chi connectivity index (χ3n) is 2.93. The monoisotopic (exact) mass is 271 g/mol. The summed E-state index contributed by atoms with van der Waals surface area (Å²) in [7, 11) is 0. The molecular weight excluding hydrogens is 249 g/mol. The Labute approximate surface area is 115 Å². The van der Waals surface area contributed by atoms with Gasteiger partial charge >= 0.3 is 0 Å². The minimum absolute atomic E-state index is 0.220. The third-order valence-corrected chi connectivity index (χ3v) is 3.22. The van der Waals surface area contributed by atoms with Gasteiger partial charge in [-0.1, -0.05) is 38.4 Å². The van der Waals surface area contributed by atoms with Crippen LogP contribution in [0.25, 0.3) is 0 Å². The molecule has 0 amide bonds. The lowest BCUT2D eigenvalue weighted by Gasteiger charge is -2.13. The summed E-state index contributed by atoms with van der Waals surface area (Å²) in [5.41, 5.74) is 1.11. The summed E-state index contributed by atoms with van der Waals surface area (Å²) in [5.74, 6) is 0.925. The van der Waals surface area contributed by atoms with Crippen molar-refractivity contribution < 1.29 is 4.39 Å². The van der Waals surface area contributed by atoms with E-state index >= 15 is 0 Å². The van der Waals surface area contributed by atoms with Crippen LogP contribution in [0.1, 0.15) is 32.8 Å². The number of rotatable bonds is 7. The molecule has 0 spiro atoms. The van der Waals surface area contributed by atoms with Gasteiger partial charge in [-0.15, -0.1) is 0 Å². The van der Waals surface area contributed by atoms with Crippen molar-refractivity contribution in [3.05, 3.63) is 34.6 Å². The molecule has 0 aliphatic rings. The predicted molar refractivity (Wildman–Crippen MR) is 76.6 cm³/mol. The molecule has 0 fully saturated rings. The Morgan fingerprint density at radius 1 is 1.28 bits per heavy atom. The SMILES string of the molecule is CC(C)CNCCC(C)Cc1ccc(F)c(Cl)c1. The van der Waals surface area contributed by atoms with E-state index in [0.29, 0.717) is 11.8 Å². The molecule has 1 N–H and O–H groups in total. The Kier molecular flexibility index (Phi) is 6.66. The Morgan fingerprint density at radius 2 is 2.00 bits per heavy atom. The van der Waals surface area contributed by atoms with E-state index in [-0.39, 0.29) is 10.8 Å². The zero-order valence-corrected chi connectivity index (χ0v) is 12.2. The Bertz CT molecular complexity index is 366. The van der Waals surface area contributed by atoms with Gasteiger partial charge in [0, 0.05) is 0 Å². The maximum atomic E-state index is 13.0. The molecule has 0 radical (unpaired) electrons. The molecule has 0 bridgehead atoms. The van der Waals surface area contributed by atoms with E-state index in [4.69, 9.17) is 11.6 Å². The molecule has 1 unspecified atom stereocenters. The first-order valence-electron chi connectivity index (χ1n) is 6.63. The highest BCUT2D eigenvalue weighted by molar-refractivity contribution is 6.30. The molecule has 3 heteroatoms. The second-order valence-corrected chi connectivity index (χ2v) is 5.85. The number of nitrogens with one attached hydrogen (secondary N) is 1. The molecule has 0 aromatic heterocycles. The summed E-state index contributed by atoms with van der Waals surface area (Å²) >= 11 is 5.77. The maximum absolute atomic E-state index is 13.0. The summed E-state index contributed by atoms with van der Waals surface area (Å²) in [5, 5.41) is 3.66. The van der Waals surface area contributed by atoms with Crippen molar-refractivity contribution in [2.45, 2.75) is 33.6 Å². The van der Waals surface area contributed by atoms with Crippen LogP contribution in [-0.4, -0.2) is 13.1 Å². The number of hydrogen-bond acceptors (Lipinski definition) is 1. The standard InChI is InChI=1S/C15H23ClFN/c1-11(2)10-18-7-6-12(3)8-13-4-5-15(17)14(16)9-13/h4-5,9,11-12,18H,6-8,10H2,1-3H3. The maximum Gasteiger partial charge on any atom is 0.141 e. The molecule has 1 aromatic rings. The van der Waals surface area contributed by atoms with E-state index in [2.05, 4.69) is 26.1 Å². The van der Waals surface area contributed by atoms with Crippen molar-refractivity contribution >= 4 is 11.6 Å². The van der Waals surface area contributed by atoms with E-state index in [1.807, 2.05) is 6.07 Å². The third kappa shape index (κ3) is 5.83. The molecule has 0 aliphatic carbocycles. The van der Waals surface area contributed by atoms with Crippen molar-refractivity contribution in [3.8, 4) is 0 Å². The fraction of sp³-hybridized carbons (Fsp3) is 0.600. The molecule has 0 saturated heterocycles. The lowest BCUT2D eigenvalue weighted by atomic mass is 9.98. The van der Waals surface area contributed by atoms with Crippen molar-refractivity contribution in [2.75, 3.05) is 13.1 Å². The largest absolute Gasteiger partial charge is 0.316 e. The molecular formula is C15H23ClFN. The van der Waals surface area contributed by atoms with Crippen LogP contribution in [0.4, 0.5) is 4.39 Å². The van der Waals surface area contributed by atoms with E-state index in [9.17, 15) is 4.39 Å². The highest BCUT2D eigenvalue weighted by Gasteiger charge is 2.06. The van der Waals surface area contributed by atoms with Gasteiger partial charge in [0.1, 0.15) is 5.82 Å². The smallest absolute Gasteiger partial charge is 0.141 e. The number of halogens is 2. The zero-order chi connectivity index (χ0) is 13.5. The summed E-state index contributed by atoms with van der Waals surface area (Å²) in [6.45, 7) is 8.73. The zero-order valence-electron chi connectivity index (χ0n) is 11.5. The molecule has 1 atom stereocenters. The second kappa shape index (κ2) is 7.75. The van der Waals surface area contributed by atoms with Crippen LogP contribution in [0.15, 0.2) is 18.2 Å². The van der Waals surface area contributed by atoms with Crippen LogP contribution in [0.2, 0.25) is 5.02 Å². The van der Waals surface area contributed by atoms with Gasteiger partial charge in [-0.2, -0.15) is 0 Å². The Balaban J connectivity index is 2.31. The fourth-order valence-corrected chi connectivity index (χ4v) is 2.11. The Morgan fingerprint density at radius 3 is 2.61 bits per heavy atom. The fourth-order valence-electron chi connectivity index (χ4n) is 1.91. The average molecular weight is 272 g/mol. The van der Waals surface area contributed by atoms with Crippen LogP contribution < -0.4 is 5.32 Å². The van der Waals surface area contributed by atoms with Gasteiger partial charge in [0.05, 0.1) is 5.02 Å². The van der Waals surface area contributed by atoms with Gasteiger partial charge in [0.15, 0.2) is 0 Å². The van der Waals surface area contributed by atoms with Gasteiger partial charge in [-0.25, -0.2) is 4.39 Å². The van der Waals surface area contributed by atoms with Gasteiger partial charge < -0.3 is 5.32 Å². The lowest BCUT2D eigenvalue weighted by molar-refractivity contribution is 0.474. The molecule has 1 nitrogen and oxygen atoms in total.